The maximum Gasteiger partial charge on any atom is 0.263 e. The van der Waals surface area contributed by atoms with E-state index >= 15 is 0 Å². The van der Waals surface area contributed by atoms with Gasteiger partial charge in [0.15, 0.2) is 6.10 Å². The van der Waals surface area contributed by atoms with Gasteiger partial charge in [0, 0.05) is 20.0 Å². The molecule has 1 aromatic heterocycles. The van der Waals surface area contributed by atoms with Crippen molar-refractivity contribution in [2.45, 2.75) is 12.5 Å². The van der Waals surface area contributed by atoms with Crippen LogP contribution in [0.3, 0.4) is 0 Å². The van der Waals surface area contributed by atoms with Crippen LogP contribution in [0.1, 0.15) is 6.42 Å². The number of ether oxygens (including phenoxy) is 1. The summed E-state index contributed by atoms with van der Waals surface area (Å²) in [6.45, 7) is 0.741. The van der Waals surface area contributed by atoms with Crippen molar-refractivity contribution < 1.29 is 9.53 Å². The van der Waals surface area contributed by atoms with Gasteiger partial charge >= 0.3 is 0 Å². The van der Waals surface area contributed by atoms with Gasteiger partial charge in [-0.1, -0.05) is 11.6 Å². The van der Waals surface area contributed by atoms with Gasteiger partial charge in [0.05, 0.1) is 6.20 Å². The fraction of sp³-hybridized carbons (Fsp3) is 0.400. The Morgan fingerprint density at radius 3 is 2.93 bits per heavy atom. The van der Waals surface area contributed by atoms with Gasteiger partial charge in [-0.15, -0.1) is 0 Å². The van der Waals surface area contributed by atoms with Crippen molar-refractivity contribution in [3.63, 3.8) is 0 Å². The summed E-state index contributed by atoms with van der Waals surface area (Å²) < 4.78 is 5.50. The van der Waals surface area contributed by atoms with Gasteiger partial charge in [-0.2, -0.15) is 0 Å². The minimum atomic E-state index is -0.377. The van der Waals surface area contributed by atoms with E-state index in [2.05, 4.69) is 4.98 Å². The van der Waals surface area contributed by atoms with Gasteiger partial charge in [0.1, 0.15) is 10.9 Å². The fourth-order valence-corrected chi connectivity index (χ4v) is 1.61. The number of hydrogen-bond acceptors (Lipinski definition) is 3. The van der Waals surface area contributed by atoms with E-state index in [1.54, 1.807) is 24.1 Å². The highest BCUT2D eigenvalue weighted by Gasteiger charge is 2.30. The first-order chi connectivity index (χ1) is 7.16. The van der Waals surface area contributed by atoms with Crippen LogP contribution >= 0.6 is 11.6 Å². The maximum atomic E-state index is 11.5. The predicted octanol–water partition coefficient (Wildman–Crippen LogP) is 1.34. The van der Waals surface area contributed by atoms with Crippen LogP contribution in [-0.4, -0.2) is 35.5 Å². The molecule has 0 radical (unpaired) electrons. The first-order valence-electron chi connectivity index (χ1n) is 4.70. The Morgan fingerprint density at radius 2 is 2.40 bits per heavy atom. The lowest BCUT2D eigenvalue weighted by Gasteiger charge is -2.12. The van der Waals surface area contributed by atoms with E-state index in [9.17, 15) is 4.79 Å². The number of likely N-dealkylation sites (tertiary alicyclic amines) is 1. The van der Waals surface area contributed by atoms with Gasteiger partial charge in [-0.3, -0.25) is 4.79 Å². The molecule has 15 heavy (non-hydrogen) atoms. The van der Waals surface area contributed by atoms with Crippen LogP contribution in [0.4, 0.5) is 0 Å². The summed E-state index contributed by atoms with van der Waals surface area (Å²) in [5.74, 6) is 0.595. The Morgan fingerprint density at radius 1 is 1.60 bits per heavy atom. The number of rotatable bonds is 2. The lowest BCUT2D eigenvalue weighted by atomic mass is 10.3. The lowest BCUT2D eigenvalue weighted by Crippen LogP contribution is -2.29. The molecule has 80 valence electrons. The average molecular weight is 227 g/mol. The highest BCUT2D eigenvalue weighted by molar-refractivity contribution is 6.29. The topological polar surface area (TPSA) is 42.4 Å². The molecule has 1 aliphatic heterocycles. The number of amides is 1. The van der Waals surface area contributed by atoms with E-state index in [1.807, 2.05) is 0 Å². The monoisotopic (exact) mass is 226 g/mol. The molecule has 0 saturated carbocycles. The molecule has 2 heterocycles. The van der Waals surface area contributed by atoms with E-state index < -0.39 is 0 Å². The third kappa shape index (κ3) is 2.21. The summed E-state index contributed by atoms with van der Waals surface area (Å²) in [4.78, 5) is 17.1. The highest BCUT2D eigenvalue weighted by Crippen LogP contribution is 2.18. The Hall–Kier alpha value is -1.29. The normalized spacial score (nSPS) is 20.8. The second kappa shape index (κ2) is 4.06. The Kier molecular flexibility index (Phi) is 2.77. The van der Waals surface area contributed by atoms with Crippen molar-refractivity contribution in [2.75, 3.05) is 13.6 Å². The zero-order valence-electron chi connectivity index (χ0n) is 8.31. The van der Waals surface area contributed by atoms with Crippen molar-refractivity contribution >= 4 is 17.5 Å². The van der Waals surface area contributed by atoms with Crippen molar-refractivity contribution in [2.24, 2.45) is 0 Å². The number of carbonyl (C=O) groups is 1. The van der Waals surface area contributed by atoms with Crippen LogP contribution in [0.5, 0.6) is 5.75 Å². The predicted molar refractivity (Wildman–Crippen MR) is 55.9 cm³/mol. The number of carbonyl (C=O) groups excluding carboxylic acids is 1. The van der Waals surface area contributed by atoms with Crippen molar-refractivity contribution in [3.05, 3.63) is 23.5 Å². The standard InChI is InChI=1S/C10H11ClN2O2/c1-13-5-4-8(10(13)14)15-7-2-3-9(11)12-6-7/h2-3,6,8H,4-5H2,1H3. The molecule has 0 aliphatic carbocycles. The minimum Gasteiger partial charge on any atom is -0.479 e. The van der Waals surface area contributed by atoms with Gasteiger partial charge in [0.2, 0.25) is 0 Å². The molecule has 2 rings (SSSR count). The average Bonchev–Trinajstić information content (AvgIpc) is 2.53. The fourth-order valence-electron chi connectivity index (χ4n) is 1.50. The molecule has 1 fully saturated rings. The Bertz CT molecular complexity index is 366. The second-order valence-corrected chi connectivity index (χ2v) is 3.86. The summed E-state index contributed by atoms with van der Waals surface area (Å²) in [7, 11) is 1.77. The maximum absolute atomic E-state index is 11.5. The summed E-state index contributed by atoms with van der Waals surface area (Å²) in [6.07, 6.45) is 1.87. The van der Waals surface area contributed by atoms with Crippen molar-refractivity contribution in [1.29, 1.82) is 0 Å². The molecule has 5 heteroatoms. The lowest BCUT2D eigenvalue weighted by molar-refractivity contribution is -0.132. The van der Waals surface area contributed by atoms with Crippen molar-refractivity contribution in [1.82, 2.24) is 9.88 Å². The van der Waals surface area contributed by atoms with Crippen LogP contribution in [0.2, 0.25) is 5.15 Å². The van der Waals surface area contributed by atoms with Gasteiger partial charge < -0.3 is 9.64 Å². The number of halogens is 1. The van der Waals surface area contributed by atoms with Gasteiger partial charge in [-0.25, -0.2) is 4.98 Å². The molecular weight excluding hydrogens is 216 g/mol. The van der Waals surface area contributed by atoms with E-state index in [1.165, 1.54) is 6.20 Å². The Labute approximate surface area is 92.8 Å². The summed E-state index contributed by atoms with van der Waals surface area (Å²) in [5.41, 5.74) is 0. The largest absolute Gasteiger partial charge is 0.479 e. The molecule has 1 saturated heterocycles. The second-order valence-electron chi connectivity index (χ2n) is 3.47. The molecule has 1 unspecified atom stereocenters. The van der Waals surface area contributed by atoms with Crippen LogP contribution < -0.4 is 4.74 Å². The van der Waals surface area contributed by atoms with E-state index in [-0.39, 0.29) is 12.0 Å². The smallest absolute Gasteiger partial charge is 0.263 e. The number of nitrogens with zero attached hydrogens (tertiary/aromatic N) is 2. The number of hydrogen-bond donors (Lipinski definition) is 0. The van der Waals surface area contributed by atoms with Gasteiger partial charge in [0.25, 0.3) is 5.91 Å². The third-order valence-electron chi connectivity index (χ3n) is 2.36. The molecule has 0 spiro atoms. The molecule has 4 nitrogen and oxygen atoms in total. The summed E-state index contributed by atoms with van der Waals surface area (Å²) >= 11 is 5.64. The first kappa shape index (κ1) is 10.2. The Balaban J connectivity index is 2.03. The zero-order valence-corrected chi connectivity index (χ0v) is 9.07. The number of likely N-dealkylation sites (N-methyl/N-ethyl adjacent to an activating group) is 1. The summed E-state index contributed by atoms with van der Waals surface area (Å²) in [5, 5.41) is 0.414. The van der Waals surface area contributed by atoms with Crippen LogP contribution in [0.25, 0.3) is 0 Å². The van der Waals surface area contributed by atoms with E-state index in [0.717, 1.165) is 13.0 Å². The first-order valence-corrected chi connectivity index (χ1v) is 5.08. The van der Waals surface area contributed by atoms with Crippen LogP contribution in [0.15, 0.2) is 18.3 Å². The van der Waals surface area contributed by atoms with E-state index in [4.69, 9.17) is 16.3 Å². The van der Waals surface area contributed by atoms with Crippen LogP contribution in [-0.2, 0) is 4.79 Å². The molecule has 1 atom stereocenters. The van der Waals surface area contributed by atoms with Crippen molar-refractivity contribution in [3.8, 4) is 5.75 Å². The molecule has 1 amide bonds. The highest BCUT2D eigenvalue weighted by atomic mass is 35.5. The summed E-state index contributed by atoms with van der Waals surface area (Å²) in [6, 6.07) is 3.35. The quantitative estimate of drug-likeness (QED) is 0.715. The van der Waals surface area contributed by atoms with Gasteiger partial charge in [-0.05, 0) is 12.1 Å². The minimum absolute atomic E-state index is 0.0185. The van der Waals surface area contributed by atoms with E-state index in [0.29, 0.717) is 10.9 Å². The third-order valence-corrected chi connectivity index (χ3v) is 2.58. The molecular formula is C10H11ClN2O2. The van der Waals surface area contributed by atoms with Crippen LogP contribution in [0, 0.1) is 0 Å². The molecule has 1 aliphatic rings. The molecule has 0 N–H and O–H groups in total. The SMILES string of the molecule is CN1CCC(Oc2ccc(Cl)nc2)C1=O. The number of pyridine rings is 1. The molecule has 0 aromatic carbocycles. The molecule has 1 aromatic rings. The molecule has 0 bridgehead atoms. The number of aromatic nitrogens is 1. The zero-order chi connectivity index (χ0) is 10.8.